The molecule has 1 rings (SSSR count). The highest BCUT2D eigenvalue weighted by Crippen LogP contribution is 2.18. The summed E-state index contributed by atoms with van der Waals surface area (Å²) in [6.07, 6.45) is 3.71. The van der Waals surface area contributed by atoms with Crippen LogP contribution in [0.2, 0.25) is 0 Å². The number of thioether (sulfide) groups is 1. The van der Waals surface area contributed by atoms with Gasteiger partial charge in [-0.1, -0.05) is 39.0 Å². The Bertz CT molecular complexity index is 190. The van der Waals surface area contributed by atoms with Crippen molar-refractivity contribution in [2.24, 2.45) is 10.9 Å². The van der Waals surface area contributed by atoms with E-state index in [0.717, 1.165) is 12.5 Å². The third-order valence-corrected chi connectivity index (χ3v) is 3.36. The minimum absolute atomic E-state index is 0.653. The zero-order valence-electron chi connectivity index (χ0n) is 9.55. The van der Waals surface area contributed by atoms with Crippen LogP contribution < -0.4 is 5.32 Å². The lowest BCUT2D eigenvalue weighted by Gasteiger charge is -2.11. The molecule has 1 atom stereocenters. The molecule has 0 aromatic rings. The maximum Gasteiger partial charge on any atom is 0.156 e. The smallest absolute Gasteiger partial charge is 0.156 e. The monoisotopic (exact) mass is 214 g/mol. The molecule has 1 fully saturated rings. The molecular formula is C11H22N2S. The van der Waals surface area contributed by atoms with Crippen molar-refractivity contribution in [3.63, 3.8) is 0 Å². The average molecular weight is 214 g/mol. The summed E-state index contributed by atoms with van der Waals surface area (Å²) in [5.74, 6) is 1.98. The van der Waals surface area contributed by atoms with Crippen molar-refractivity contribution in [1.29, 1.82) is 0 Å². The molecule has 14 heavy (non-hydrogen) atoms. The lowest BCUT2D eigenvalue weighted by Crippen LogP contribution is -2.28. The topological polar surface area (TPSA) is 24.4 Å². The first kappa shape index (κ1) is 11.9. The molecule has 1 heterocycles. The Morgan fingerprint density at radius 3 is 3.00 bits per heavy atom. The average Bonchev–Trinajstić information content (AvgIpc) is 2.52. The van der Waals surface area contributed by atoms with Gasteiger partial charge in [-0.05, 0) is 18.8 Å². The van der Waals surface area contributed by atoms with Gasteiger partial charge in [0.15, 0.2) is 5.17 Å². The fourth-order valence-corrected chi connectivity index (χ4v) is 2.57. The number of rotatable bonds is 5. The number of amidine groups is 1. The molecule has 0 saturated carbocycles. The standard InChI is InChI=1S/C11H22N2S/c1-4-5-6-12-11-13-10(8-14-11)7-9(2)3/h9-10H,4-8H2,1-3H3,(H,12,13). The molecule has 1 unspecified atom stereocenters. The minimum atomic E-state index is 0.653. The minimum Gasteiger partial charge on any atom is -0.361 e. The first-order valence-electron chi connectivity index (χ1n) is 5.66. The van der Waals surface area contributed by atoms with Crippen molar-refractivity contribution in [3.05, 3.63) is 0 Å². The maximum absolute atomic E-state index is 4.54. The number of hydrogen-bond acceptors (Lipinski definition) is 2. The summed E-state index contributed by atoms with van der Waals surface area (Å²) >= 11 is 1.88. The van der Waals surface area contributed by atoms with Gasteiger partial charge in [0, 0.05) is 18.3 Å². The largest absolute Gasteiger partial charge is 0.361 e. The van der Waals surface area contributed by atoms with E-state index >= 15 is 0 Å². The van der Waals surface area contributed by atoms with Gasteiger partial charge < -0.3 is 5.32 Å². The normalized spacial score (nSPS) is 24.6. The van der Waals surface area contributed by atoms with Crippen LogP contribution in [-0.2, 0) is 0 Å². The number of unbranched alkanes of at least 4 members (excludes halogenated alkanes) is 1. The summed E-state index contributed by atoms with van der Waals surface area (Å²) in [5, 5.41) is 4.66. The van der Waals surface area contributed by atoms with Crippen LogP contribution in [0.3, 0.4) is 0 Å². The van der Waals surface area contributed by atoms with Crippen molar-refractivity contribution in [3.8, 4) is 0 Å². The highest BCUT2D eigenvalue weighted by Gasteiger charge is 2.20. The highest BCUT2D eigenvalue weighted by molar-refractivity contribution is 8.14. The molecule has 0 aromatic carbocycles. The van der Waals surface area contributed by atoms with E-state index in [1.165, 1.54) is 30.2 Å². The summed E-state index contributed by atoms with van der Waals surface area (Å²) in [6.45, 7) is 7.74. The molecule has 0 aliphatic carbocycles. The fourth-order valence-electron chi connectivity index (χ4n) is 1.56. The van der Waals surface area contributed by atoms with Gasteiger partial charge in [-0.2, -0.15) is 0 Å². The quantitative estimate of drug-likeness (QED) is 0.712. The van der Waals surface area contributed by atoms with E-state index in [0.29, 0.717) is 6.04 Å². The Balaban J connectivity index is 2.22. The second kappa shape index (κ2) is 6.33. The van der Waals surface area contributed by atoms with Crippen LogP contribution in [0.1, 0.15) is 40.0 Å². The summed E-state index contributed by atoms with van der Waals surface area (Å²) in [5.41, 5.74) is 0. The molecule has 0 aromatic heterocycles. The Labute approximate surface area is 92.0 Å². The fraction of sp³-hybridized carbons (Fsp3) is 0.909. The molecule has 2 nitrogen and oxygen atoms in total. The number of nitrogens with zero attached hydrogens (tertiary/aromatic N) is 1. The van der Waals surface area contributed by atoms with Gasteiger partial charge in [0.25, 0.3) is 0 Å². The Hall–Kier alpha value is -0.180. The lowest BCUT2D eigenvalue weighted by atomic mass is 10.1. The molecule has 1 aliphatic heterocycles. The molecule has 3 heteroatoms. The Kier molecular flexibility index (Phi) is 5.38. The van der Waals surface area contributed by atoms with Gasteiger partial charge in [0.1, 0.15) is 0 Å². The third kappa shape index (κ3) is 4.36. The molecule has 82 valence electrons. The lowest BCUT2D eigenvalue weighted by molar-refractivity contribution is 0.502. The SMILES string of the molecule is CCCCN=C1NC(CC(C)C)CS1. The van der Waals surface area contributed by atoms with Crippen molar-refractivity contribution >= 4 is 16.9 Å². The first-order chi connectivity index (χ1) is 6.72. The second-order valence-corrected chi connectivity index (χ2v) is 5.33. The summed E-state index contributed by atoms with van der Waals surface area (Å²) < 4.78 is 0. The highest BCUT2D eigenvalue weighted by atomic mass is 32.2. The molecule has 0 radical (unpaired) electrons. The van der Waals surface area contributed by atoms with Crippen LogP contribution >= 0.6 is 11.8 Å². The van der Waals surface area contributed by atoms with E-state index in [1.807, 2.05) is 11.8 Å². The van der Waals surface area contributed by atoms with Crippen molar-refractivity contribution < 1.29 is 0 Å². The van der Waals surface area contributed by atoms with E-state index in [-0.39, 0.29) is 0 Å². The van der Waals surface area contributed by atoms with Gasteiger partial charge >= 0.3 is 0 Å². The third-order valence-electron chi connectivity index (χ3n) is 2.27. The molecule has 0 bridgehead atoms. The molecule has 0 amide bonds. The molecular weight excluding hydrogens is 192 g/mol. The van der Waals surface area contributed by atoms with Crippen LogP contribution in [0.4, 0.5) is 0 Å². The predicted octanol–water partition coefficient (Wildman–Crippen LogP) is 2.89. The molecule has 1 aliphatic rings. The maximum atomic E-state index is 4.54. The van der Waals surface area contributed by atoms with E-state index < -0.39 is 0 Å². The van der Waals surface area contributed by atoms with Gasteiger partial charge in [0.2, 0.25) is 0 Å². The predicted molar refractivity (Wildman–Crippen MR) is 66.0 cm³/mol. The van der Waals surface area contributed by atoms with E-state index in [1.54, 1.807) is 0 Å². The molecule has 1 saturated heterocycles. The van der Waals surface area contributed by atoms with Crippen molar-refractivity contribution in [1.82, 2.24) is 5.32 Å². The van der Waals surface area contributed by atoms with Gasteiger partial charge in [0.05, 0.1) is 0 Å². The van der Waals surface area contributed by atoms with Gasteiger partial charge in [-0.15, -0.1) is 0 Å². The van der Waals surface area contributed by atoms with Crippen molar-refractivity contribution in [2.75, 3.05) is 12.3 Å². The van der Waals surface area contributed by atoms with Gasteiger partial charge in [-0.25, -0.2) is 0 Å². The van der Waals surface area contributed by atoms with E-state index in [9.17, 15) is 0 Å². The first-order valence-corrected chi connectivity index (χ1v) is 6.64. The molecule has 0 spiro atoms. The second-order valence-electron chi connectivity index (χ2n) is 4.32. The van der Waals surface area contributed by atoms with Crippen LogP contribution in [0.25, 0.3) is 0 Å². The van der Waals surface area contributed by atoms with Crippen LogP contribution in [0.5, 0.6) is 0 Å². The van der Waals surface area contributed by atoms with Crippen LogP contribution in [-0.4, -0.2) is 23.5 Å². The number of nitrogens with one attached hydrogen (secondary N) is 1. The number of hydrogen-bond donors (Lipinski definition) is 1. The summed E-state index contributed by atoms with van der Waals surface area (Å²) in [4.78, 5) is 4.54. The Morgan fingerprint density at radius 1 is 1.57 bits per heavy atom. The summed E-state index contributed by atoms with van der Waals surface area (Å²) in [7, 11) is 0. The van der Waals surface area contributed by atoms with Crippen molar-refractivity contribution in [2.45, 2.75) is 46.1 Å². The van der Waals surface area contributed by atoms with Crippen LogP contribution in [0.15, 0.2) is 4.99 Å². The Morgan fingerprint density at radius 2 is 2.36 bits per heavy atom. The van der Waals surface area contributed by atoms with Gasteiger partial charge in [-0.3, -0.25) is 4.99 Å². The van der Waals surface area contributed by atoms with E-state index in [4.69, 9.17) is 0 Å². The zero-order valence-corrected chi connectivity index (χ0v) is 10.4. The summed E-state index contributed by atoms with van der Waals surface area (Å²) in [6, 6.07) is 0.653. The zero-order chi connectivity index (χ0) is 10.4. The number of aliphatic imine (C=N–C) groups is 1. The van der Waals surface area contributed by atoms with Crippen LogP contribution in [0, 0.1) is 5.92 Å². The molecule has 1 N–H and O–H groups in total. The van der Waals surface area contributed by atoms with E-state index in [2.05, 4.69) is 31.1 Å².